The van der Waals surface area contributed by atoms with E-state index >= 15 is 0 Å². The Balaban J connectivity index is 1.57. The van der Waals surface area contributed by atoms with Crippen LogP contribution < -0.4 is 5.32 Å². The van der Waals surface area contributed by atoms with Gasteiger partial charge in [-0.25, -0.2) is 9.07 Å². The van der Waals surface area contributed by atoms with Crippen LogP contribution in [0.25, 0.3) is 5.69 Å². The van der Waals surface area contributed by atoms with Crippen LogP contribution in [0.5, 0.6) is 0 Å². The zero-order valence-electron chi connectivity index (χ0n) is 19.7. The van der Waals surface area contributed by atoms with Gasteiger partial charge in [0.05, 0.1) is 28.0 Å². The van der Waals surface area contributed by atoms with Gasteiger partial charge in [0, 0.05) is 25.7 Å². The Labute approximate surface area is 204 Å². The molecule has 4 rings (SSSR count). The molecule has 0 spiro atoms. The van der Waals surface area contributed by atoms with E-state index in [4.69, 9.17) is 0 Å². The third-order valence-electron chi connectivity index (χ3n) is 5.97. The van der Waals surface area contributed by atoms with Crippen LogP contribution >= 0.6 is 0 Å². The summed E-state index contributed by atoms with van der Waals surface area (Å²) in [4.78, 5) is 14.9. The Bertz CT molecular complexity index is 1350. The summed E-state index contributed by atoms with van der Waals surface area (Å²) in [7, 11) is -2.08. The fourth-order valence-corrected chi connectivity index (χ4v) is 5.22. The smallest absolute Gasteiger partial charge is 0.284 e. The standard InChI is InChI=1S/C25H28FN5O3S/c1-3-23-22(17-27-31(23)20-13-11-18(26)12-14-20)25(32)28-19-8-7-9-21(16-19)35(33,34)29-24-10-5-4-6-15-30(24)2/h7-9,11-14,16-17H,3-6,10,15H2,1-2H3,(H,28,32)/b29-24-. The Morgan fingerprint density at radius 1 is 1.14 bits per heavy atom. The number of benzene rings is 2. The number of halogens is 1. The van der Waals surface area contributed by atoms with Gasteiger partial charge in [0.15, 0.2) is 0 Å². The van der Waals surface area contributed by atoms with Gasteiger partial charge in [0.25, 0.3) is 15.9 Å². The van der Waals surface area contributed by atoms with E-state index in [1.54, 1.807) is 28.9 Å². The molecule has 0 radical (unpaired) electrons. The van der Waals surface area contributed by atoms with E-state index in [0.29, 0.717) is 41.3 Å². The van der Waals surface area contributed by atoms with E-state index in [1.165, 1.54) is 30.5 Å². The molecule has 1 saturated heterocycles. The highest BCUT2D eigenvalue weighted by atomic mass is 32.2. The lowest BCUT2D eigenvalue weighted by Crippen LogP contribution is -2.26. The van der Waals surface area contributed by atoms with Gasteiger partial charge >= 0.3 is 0 Å². The van der Waals surface area contributed by atoms with Crippen molar-refractivity contribution in [3.8, 4) is 5.69 Å². The molecule has 3 aromatic rings. The van der Waals surface area contributed by atoms with E-state index < -0.39 is 15.9 Å². The number of anilines is 1. The van der Waals surface area contributed by atoms with Gasteiger partial charge in [0.1, 0.15) is 11.7 Å². The Hall–Kier alpha value is -3.53. The quantitative estimate of drug-likeness (QED) is 0.544. The fourth-order valence-electron chi connectivity index (χ4n) is 4.08. The van der Waals surface area contributed by atoms with Crippen molar-refractivity contribution in [1.29, 1.82) is 0 Å². The minimum atomic E-state index is -3.93. The maximum atomic E-state index is 13.3. The van der Waals surface area contributed by atoms with Crippen molar-refractivity contribution in [3.63, 3.8) is 0 Å². The second kappa shape index (κ2) is 10.4. The highest BCUT2D eigenvalue weighted by Gasteiger charge is 2.21. The number of hydrogen-bond acceptors (Lipinski definition) is 4. The topological polar surface area (TPSA) is 96.7 Å². The molecule has 0 unspecified atom stereocenters. The SMILES string of the molecule is CCc1c(C(=O)Nc2cccc(S(=O)(=O)/N=C3/CCCCCN3C)c2)cnn1-c1ccc(F)cc1. The Kier molecular flexibility index (Phi) is 7.30. The summed E-state index contributed by atoms with van der Waals surface area (Å²) < 4.78 is 44.9. The van der Waals surface area contributed by atoms with Crippen molar-refractivity contribution in [2.24, 2.45) is 4.40 Å². The third kappa shape index (κ3) is 5.59. The van der Waals surface area contributed by atoms with Gasteiger partial charge < -0.3 is 10.2 Å². The fraction of sp³-hybridized carbons (Fsp3) is 0.320. The summed E-state index contributed by atoms with van der Waals surface area (Å²) in [5.74, 6) is -0.222. The second-order valence-corrected chi connectivity index (χ2v) is 10.0. The van der Waals surface area contributed by atoms with Gasteiger partial charge in [-0.1, -0.05) is 19.4 Å². The molecule has 2 aromatic carbocycles. The van der Waals surface area contributed by atoms with Crippen LogP contribution in [0.2, 0.25) is 0 Å². The molecule has 184 valence electrons. The monoisotopic (exact) mass is 497 g/mol. The number of sulfonamides is 1. The number of amides is 1. The van der Waals surface area contributed by atoms with E-state index in [9.17, 15) is 17.6 Å². The van der Waals surface area contributed by atoms with Gasteiger partial charge in [-0.3, -0.25) is 4.79 Å². The Morgan fingerprint density at radius 3 is 2.66 bits per heavy atom. The molecule has 10 heteroatoms. The van der Waals surface area contributed by atoms with Crippen LogP contribution in [0, 0.1) is 5.82 Å². The van der Waals surface area contributed by atoms with Crippen LogP contribution in [0.15, 0.2) is 64.0 Å². The summed E-state index contributed by atoms with van der Waals surface area (Å²) in [6, 6.07) is 11.9. The molecule has 1 amide bonds. The summed E-state index contributed by atoms with van der Waals surface area (Å²) >= 11 is 0. The average Bonchev–Trinajstić information content (AvgIpc) is 3.18. The molecule has 0 bridgehead atoms. The Morgan fingerprint density at radius 2 is 1.91 bits per heavy atom. The minimum Gasteiger partial charge on any atom is -0.362 e. The number of likely N-dealkylation sites (tertiary alicyclic amines) is 1. The van der Waals surface area contributed by atoms with E-state index in [1.807, 2.05) is 18.9 Å². The van der Waals surface area contributed by atoms with Crippen molar-refractivity contribution >= 4 is 27.5 Å². The zero-order valence-corrected chi connectivity index (χ0v) is 20.6. The van der Waals surface area contributed by atoms with E-state index in [0.717, 1.165) is 25.8 Å². The molecular weight excluding hydrogens is 469 g/mol. The van der Waals surface area contributed by atoms with Gasteiger partial charge in [0.2, 0.25) is 0 Å². The third-order valence-corrected chi connectivity index (χ3v) is 7.27. The number of carbonyl (C=O) groups is 1. The number of nitrogens with zero attached hydrogens (tertiary/aromatic N) is 4. The van der Waals surface area contributed by atoms with E-state index in [-0.39, 0.29) is 10.7 Å². The molecular formula is C25H28FN5O3S. The largest absolute Gasteiger partial charge is 0.362 e. The lowest BCUT2D eigenvalue weighted by Gasteiger charge is -2.17. The highest BCUT2D eigenvalue weighted by Crippen LogP contribution is 2.22. The van der Waals surface area contributed by atoms with Crippen molar-refractivity contribution in [2.75, 3.05) is 18.9 Å². The van der Waals surface area contributed by atoms with Gasteiger partial charge in [-0.15, -0.1) is 4.40 Å². The molecule has 35 heavy (non-hydrogen) atoms. The molecule has 1 N–H and O–H groups in total. The van der Waals surface area contributed by atoms with E-state index in [2.05, 4.69) is 14.8 Å². The molecule has 1 fully saturated rings. The second-order valence-electron chi connectivity index (χ2n) is 8.44. The number of carbonyl (C=O) groups excluding carboxylic acids is 1. The number of hydrogen-bond donors (Lipinski definition) is 1. The first-order valence-corrected chi connectivity index (χ1v) is 13.0. The van der Waals surface area contributed by atoms with Crippen molar-refractivity contribution < 1.29 is 17.6 Å². The summed E-state index contributed by atoms with van der Waals surface area (Å²) in [6.45, 7) is 2.67. The molecule has 8 nitrogen and oxygen atoms in total. The van der Waals surface area contributed by atoms with Crippen LogP contribution in [0.4, 0.5) is 10.1 Å². The predicted octanol–water partition coefficient (Wildman–Crippen LogP) is 4.42. The van der Waals surface area contributed by atoms with Gasteiger partial charge in [-0.2, -0.15) is 13.5 Å². The summed E-state index contributed by atoms with van der Waals surface area (Å²) in [6.07, 6.45) is 5.53. The molecule has 1 aromatic heterocycles. The normalized spacial score (nSPS) is 15.7. The number of aromatic nitrogens is 2. The van der Waals surface area contributed by atoms with Crippen molar-refractivity contribution in [2.45, 2.75) is 43.9 Å². The molecule has 0 atom stereocenters. The average molecular weight is 498 g/mol. The van der Waals surface area contributed by atoms with Crippen molar-refractivity contribution in [1.82, 2.24) is 14.7 Å². The predicted molar refractivity (Wildman–Crippen MR) is 133 cm³/mol. The van der Waals surface area contributed by atoms with Crippen LogP contribution in [0.1, 0.15) is 48.7 Å². The summed E-state index contributed by atoms with van der Waals surface area (Å²) in [5.41, 5.74) is 1.98. The maximum Gasteiger partial charge on any atom is 0.284 e. The van der Waals surface area contributed by atoms with Gasteiger partial charge in [-0.05, 0) is 61.7 Å². The lowest BCUT2D eigenvalue weighted by molar-refractivity contribution is 0.102. The highest BCUT2D eigenvalue weighted by molar-refractivity contribution is 7.90. The molecule has 0 aliphatic carbocycles. The number of nitrogens with one attached hydrogen (secondary N) is 1. The van der Waals surface area contributed by atoms with Crippen LogP contribution in [-0.4, -0.2) is 48.4 Å². The molecule has 0 saturated carbocycles. The summed E-state index contributed by atoms with van der Waals surface area (Å²) in [5, 5.41) is 7.07. The number of amidine groups is 1. The first-order valence-electron chi connectivity index (χ1n) is 11.6. The molecule has 1 aliphatic rings. The van der Waals surface area contributed by atoms with Crippen LogP contribution in [0.3, 0.4) is 0 Å². The zero-order chi connectivity index (χ0) is 25.0. The first kappa shape index (κ1) is 24.6. The minimum absolute atomic E-state index is 0.0122. The first-order chi connectivity index (χ1) is 16.8. The van der Waals surface area contributed by atoms with Crippen LogP contribution in [-0.2, 0) is 16.4 Å². The molecule has 1 aliphatic heterocycles. The molecule has 2 heterocycles. The van der Waals surface area contributed by atoms with Crippen molar-refractivity contribution in [3.05, 3.63) is 71.8 Å². The maximum absolute atomic E-state index is 13.3. The lowest BCUT2D eigenvalue weighted by atomic mass is 10.2. The number of rotatable bonds is 6.